The Hall–Kier alpha value is 1.000. The van der Waals surface area contributed by atoms with Crippen molar-refractivity contribution in [2.24, 2.45) is 16.2 Å². The molecule has 3 aliphatic rings. The highest BCUT2D eigenvalue weighted by atomic mass is 79.9. The first-order valence-electron chi connectivity index (χ1n) is 7.40. The second kappa shape index (κ2) is 6.27. The van der Waals surface area contributed by atoms with E-state index in [1.54, 1.807) is 12.1 Å². The average Bonchev–Trinajstić information content (AvgIpc) is 2.94. The number of nitrogens with one attached hydrogen (secondary N) is 1. The number of benzene rings is 1. The average molecular weight is 583 g/mol. The predicted octanol–water partition coefficient (Wildman–Crippen LogP) is 7.27. The zero-order valence-corrected chi connectivity index (χ0v) is 19.9. The Morgan fingerprint density at radius 3 is 2.25 bits per heavy atom. The van der Waals surface area contributed by atoms with Gasteiger partial charge in [-0.3, -0.25) is 4.79 Å². The molecule has 1 N–H and O–H groups in total. The molecule has 3 unspecified atom stereocenters. The Morgan fingerprint density at radius 1 is 1.17 bits per heavy atom. The zero-order valence-electron chi connectivity index (χ0n) is 12.9. The Kier molecular flexibility index (Phi) is 5.16. The molecule has 3 aliphatic carbocycles. The SMILES string of the molecule is CC1(C)C2(C(=O)Nc3cc(Cl)c(Cl)cc3Cl)CCC1(C(Br)Br)C2Br. The van der Waals surface area contributed by atoms with Crippen LogP contribution in [0, 0.1) is 16.2 Å². The zero-order chi connectivity index (χ0) is 18.1. The second-order valence-electron chi connectivity index (χ2n) is 7.00. The highest BCUT2D eigenvalue weighted by molar-refractivity contribution is 9.24. The van der Waals surface area contributed by atoms with Crippen LogP contribution in [-0.4, -0.2) is 14.5 Å². The lowest BCUT2D eigenvalue weighted by Crippen LogP contribution is -2.71. The number of fused-ring (bicyclic) bond motifs is 1. The van der Waals surface area contributed by atoms with Crippen LogP contribution in [0.4, 0.5) is 5.69 Å². The van der Waals surface area contributed by atoms with Gasteiger partial charge in [-0.25, -0.2) is 0 Å². The Balaban J connectivity index is 1.94. The van der Waals surface area contributed by atoms with Gasteiger partial charge in [0, 0.05) is 10.2 Å². The Morgan fingerprint density at radius 2 is 1.75 bits per heavy atom. The van der Waals surface area contributed by atoms with E-state index in [2.05, 4.69) is 67.0 Å². The van der Waals surface area contributed by atoms with Crippen LogP contribution in [0.25, 0.3) is 0 Å². The number of amides is 1. The summed E-state index contributed by atoms with van der Waals surface area (Å²) in [4.78, 5) is 13.3. The molecule has 0 radical (unpaired) electrons. The summed E-state index contributed by atoms with van der Waals surface area (Å²) in [6.45, 7) is 4.31. The van der Waals surface area contributed by atoms with E-state index < -0.39 is 5.41 Å². The summed E-state index contributed by atoms with van der Waals surface area (Å²) in [7, 11) is 0. The number of hydrogen-bond acceptors (Lipinski definition) is 1. The van der Waals surface area contributed by atoms with Crippen molar-refractivity contribution in [3.63, 3.8) is 0 Å². The molecule has 2 nitrogen and oxygen atoms in total. The van der Waals surface area contributed by atoms with Crippen molar-refractivity contribution >= 4 is 94.2 Å². The van der Waals surface area contributed by atoms with E-state index in [0.717, 1.165) is 12.8 Å². The topological polar surface area (TPSA) is 29.1 Å². The molecule has 0 heterocycles. The van der Waals surface area contributed by atoms with Gasteiger partial charge in [0.1, 0.15) is 0 Å². The van der Waals surface area contributed by atoms with Crippen molar-refractivity contribution in [3.05, 3.63) is 27.2 Å². The third-order valence-corrected chi connectivity index (χ3v) is 10.4. The molecule has 0 aliphatic heterocycles. The number of halogens is 6. The van der Waals surface area contributed by atoms with Gasteiger partial charge in [0.25, 0.3) is 0 Å². The number of carbonyl (C=O) groups is 1. The molecule has 0 aromatic heterocycles. The second-order valence-corrected chi connectivity index (χ2v) is 12.2. The molecule has 1 aromatic carbocycles. The lowest BCUT2D eigenvalue weighted by atomic mass is 9.43. The summed E-state index contributed by atoms with van der Waals surface area (Å²) in [5.41, 5.74) is -0.216. The predicted molar refractivity (Wildman–Crippen MR) is 112 cm³/mol. The summed E-state index contributed by atoms with van der Waals surface area (Å²) >= 11 is 29.4. The normalized spacial score (nSPS) is 33.5. The summed E-state index contributed by atoms with van der Waals surface area (Å²) in [5.74, 6) is -0.0385. The van der Waals surface area contributed by atoms with E-state index >= 15 is 0 Å². The van der Waals surface area contributed by atoms with E-state index in [1.807, 2.05) is 0 Å². The van der Waals surface area contributed by atoms with Crippen LogP contribution < -0.4 is 5.32 Å². The van der Waals surface area contributed by atoms with Gasteiger partial charge in [-0.15, -0.1) is 0 Å². The fourth-order valence-electron chi connectivity index (χ4n) is 4.55. The van der Waals surface area contributed by atoms with E-state index in [-0.39, 0.29) is 25.3 Å². The first-order valence-corrected chi connectivity index (χ1v) is 11.3. The van der Waals surface area contributed by atoms with Crippen molar-refractivity contribution in [1.29, 1.82) is 0 Å². The number of alkyl halides is 3. The van der Waals surface area contributed by atoms with Gasteiger partial charge in [-0.05, 0) is 30.4 Å². The molecule has 3 atom stereocenters. The first kappa shape index (κ1) is 19.8. The molecule has 132 valence electrons. The van der Waals surface area contributed by atoms with Gasteiger partial charge in [0.05, 0.1) is 29.9 Å². The van der Waals surface area contributed by atoms with Crippen molar-refractivity contribution < 1.29 is 4.79 Å². The molecule has 1 aromatic rings. The molecule has 0 saturated heterocycles. The fourth-order valence-corrected chi connectivity index (χ4v) is 10.1. The molecular weight excluding hydrogens is 568 g/mol. The molecule has 8 heteroatoms. The minimum atomic E-state index is -0.498. The number of rotatable bonds is 3. The van der Waals surface area contributed by atoms with Gasteiger partial charge in [0.15, 0.2) is 0 Å². The first-order chi connectivity index (χ1) is 11.0. The summed E-state index contributed by atoms with van der Waals surface area (Å²) in [6.07, 6.45) is 1.77. The standard InChI is InChI=1S/C16H15Br3Cl3NO/c1-14(2)15(12(18)19)3-4-16(14,11(15)17)13(24)23-10-6-8(21)7(20)5-9(10)22/h5-6,11-12H,3-4H2,1-2H3,(H,23,24). The molecule has 3 saturated carbocycles. The van der Waals surface area contributed by atoms with Gasteiger partial charge in [-0.1, -0.05) is 96.4 Å². The van der Waals surface area contributed by atoms with Crippen molar-refractivity contribution in [3.8, 4) is 0 Å². The monoisotopic (exact) mass is 579 g/mol. The maximum Gasteiger partial charge on any atom is 0.232 e. The van der Waals surface area contributed by atoms with E-state index in [4.69, 9.17) is 34.8 Å². The van der Waals surface area contributed by atoms with Crippen LogP contribution in [-0.2, 0) is 4.79 Å². The number of hydrogen-bond donors (Lipinski definition) is 1. The summed E-state index contributed by atoms with van der Waals surface area (Å²) in [6, 6.07) is 3.14. The highest BCUT2D eigenvalue weighted by Gasteiger charge is 2.83. The molecular formula is C16H15Br3Cl3NO. The lowest BCUT2D eigenvalue weighted by molar-refractivity contribution is -0.155. The third-order valence-electron chi connectivity index (χ3n) is 6.15. The molecule has 1 amide bonds. The van der Waals surface area contributed by atoms with Crippen LogP contribution in [0.1, 0.15) is 26.7 Å². The smallest absolute Gasteiger partial charge is 0.232 e. The lowest BCUT2D eigenvalue weighted by Gasteiger charge is -2.66. The van der Waals surface area contributed by atoms with Crippen LogP contribution in [0.2, 0.25) is 15.1 Å². The largest absolute Gasteiger partial charge is 0.324 e. The quantitative estimate of drug-likeness (QED) is 0.295. The summed E-state index contributed by atoms with van der Waals surface area (Å²) in [5, 5.41) is 4.06. The number of anilines is 1. The van der Waals surface area contributed by atoms with Crippen LogP contribution in [0.3, 0.4) is 0 Å². The Bertz CT molecular complexity index is 727. The number of carbonyl (C=O) groups excluding carboxylic acids is 1. The minimum Gasteiger partial charge on any atom is -0.324 e. The van der Waals surface area contributed by atoms with Gasteiger partial charge < -0.3 is 5.32 Å². The molecule has 2 bridgehead atoms. The molecule has 24 heavy (non-hydrogen) atoms. The highest BCUT2D eigenvalue weighted by Crippen LogP contribution is 2.82. The van der Waals surface area contributed by atoms with Crippen LogP contribution >= 0.6 is 82.6 Å². The minimum absolute atomic E-state index is 0.0220. The maximum absolute atomic E-state index is 13.2. The fraction of sp³-hybridized carbons (Fsp3) is 0.562. The maximum atomic E-state index is 13.2. The van der Waals surface area contributed by atoms with Gasteiger partial charge in [-0.2, -0.15) is 0 Å². The van der Waals surface area contributed by atoms with Crippen molar-refractivity contribution in [2.75, 3.05) is 5.32 Å². The van der Waals surface area contributed by atoms with Crippen molar-refractivity contribution in [1.82, 2.24) is 0 Å². The molecule has 3 fully saturated rings. The third kappa shape index (κ3) is 2.27. The van der Waals surface area contributed by atoms with Crippen LogP contribution in [0.5, 0.6) is 0 Å². The Labute approximate surface area is 181 Å². The van der Waals surface area contributed by atoms with E-state index in [9.17, 15) is 4.79 Å². The van der Waals surface area contributed by atoms with Crippen LogP contribution in [0.15, 0.2) is 12.1 Å². The van der Waals surface area contributed by atoms with Gasteiger partial charge in [0.2, 0.25) is 5.91 Å². The van der Waals surface area contributed by atoms with Crippen molar-refractivity contribution in [2.45, 2.75) is 35.3 Å². The summed E-state index contributed by atoms with van der Waals surface area (Å²) < 4.78 is 0.133. The van der Waals surface area contributed by atoms with E-state index in [1.165, 1.54) is 0 Å². The molecule has 0 spiro atoms. The van der Waals surface area contributed by atoms with E-state index in [0.29, 0.717) is 20.8 Å². The molecule has 4 rings (SSSR count). The van der Waals surface area contributed by atoms with Gasteiger partial charge >= 0.3 is 0 Å².